The van der Waals surface area contributed by atoms with Crippen molar-refractivity contribution >= 4 is 27.3 Å². The Labute approximate surface area is 186 Å². The fourth-order valence-corrected chi connectivity index (χ4v) is 6.80. The number of nitrogens with zero attached hydrogens (tertiary/aromatic N) is 3. The topological polar surface area (TPSA) is 84.3 Å². The van der Waals surface area contributed by atoms with E-state index < -0.39 is 10.0 Å². The first-order chi connectivity index (χ1) is 14.9. The van der Waals surface area contributed by atoms with Gasteiger partial charge in [0.15, 0.2) is 0 Å². The molecule has 1 N–H and O–H groups in total. The number of nitrogens with one attached hydrogen (secondary N) is 1. The zero-order chi connectivity index (χ0) is 21.8. The van der Waals surface area contributed by atoms with E-state index in [1.807, 2.05) is 48.0 Å². The van der Waals surface area contributed by atoms with Crippen LogP contribution in [0.2, 0.25) is 0 Å². The van der Waals surface area contributed by atoms with Crippen molar-refractivity contribution in [3.05, 3.63) is 71.1 Å². The van der Waals surface area contributed by atoms with Gasteiger partial charge >= 0.3 is 0 Å². The van der Waals surface area contributed by atoms with E-state index in [1.54, 1.807) is 18.6 Å². The SMILES string of the molecule is Cc1ccc(S(=O)(=O)N2CCC[C@H](C(=O)NCc3ccccc3Cn3ccnc3)C2)s1. The summed E-state index contributed by atoms with van der Waals surface area (Å²) in [6.45, 7) is 3.66. The van der Waals surface area contributed by atoms with E-state index >= 15 is 0 Å². The molecule has 4 rings (SSSR count). The second kappa shape index (κ2) is 9.33. The number of sulfonamides is 1. The third-order valence-corrected chi connectivity index (χ3v) is 8.88. The molecule has 1 saturated heterocycles. The van der Waals surface area contributed by atoms with Crippen LogP contribution in [-0.4, -0.2) is 41.3 Å². The number of rotatable bonds is 7. The molecule has 7 nitrogen and oxygen atoms in total. The number of aromatic nitrogens is 2. The number of hydrogen-bond donors (Lipinski definition) is 1. The highest BCUT2D eigenvalue weighted by Crippen LogP contribution is 2.28. The Balaban J connectivity index is 1.39. The summed E-state index contributed by atoms with van der Waals surface area (Å²) >= 11 is 1.27. The lowest BCUT2D eigenvalue weighted by atomic mass is 9.98. The number of carbonyl (C=O) groups is 1. The summed E-state index contributed by atoms with van der Waals surface area (Å²) in [5.74, 6) is -0.440. The molecular weight excluding hydrogens is 432 g/mol. The first-order valence-electron chi connectivity index (χ1n) is 10.3. The fraction of sp³-hybridized carbons (Fsp3) is 0.364. The molecule has 0 bridgehead atoms. The summed E-state index contributed by atoms with van der Waals surface area (Å²) in [7, 11) is -3.55. The van der Waals surface area contributed by atoms with Crippen LogP contribution >= 0.6 is 11.3 Å². The molecule has 1 aromatic carbocycles. The summed E-state index contributed by atoms with van der Waals surface area (Å²) in [6, 6.07) is 11.4. The molecule has 2 aromatic heterocycles. The minimum absolute atomic E-state index is 0.0975. The Morgan fingerprint density at radius 2 is 2.03 bits per heavy atom. The molecule has 1 aliphatic heterocycles. The molecule has 31 heavy (non-hydrogen) atoms. The van der Waals surface area contributed by atoms with Gasteiger partial charge in [-0.2, -0.15) is 4.31 Å². The third-order valence-electron chi connectivity index (χ3n) is 5.55. The van der Waals surface area contributed by atoms with Crippen molar-refractivity contribution in [1.29, 1.82) is 0 Å². The molecule has 1 atom stereocenters. The van der Waals surface area contributed by atoms with Crippen LogP contribution in [-0.2, 0) is 27.9 Å². The van der Waals surface area contributed by atoms with Crippen LogP contribution in [0.4, 0.5) is 0 Å². The van der Waals surface area contributed by atoms with E-state index in [9.17, 15) is 13.2 Å². The molecule has 1 fully saturated rings. The monoisotopic (exact) mass is 458 g/mol. The van der Waals surface area contributed by atoms with E-state index in [0.29, 0.717) is 36.7 Å². The van der Waals surface area contributed by atoms with Crippen molar-refractivity contribution in [3.63, 3.8) is 0 Å². The van der Waals surface area contributed by atoms with Gasteiger partial charge in [0.1, 0.15) is 4.21 Å². The quantitative estimate of drug-likeness (QED) is 0.590. The van der Waals surface area contributed by atoms with Gasteiger partial charge in [0.2, 0.25) is 5.91 Å². The van der Waals surface area contributed by atoms with Crippen LogP contribution in [0, 0.1) is 12.8 Å². The fourth-order valence-electron chi connectivity index (χ4n) is 3.84. The number of amides is 1. The lowest BCUT2D eigenvalue weighted by Gasteiger charge is -2.30. The smallest absolute Gasteiger partial charge is 0.252 e. The van der Waals surface area contributed by atoms with Gasteiger partial charge in [-0.25, -0.2) is 13.4 Å². The van der Waals surface area contributed by atoms with E-state index in [0.717, 1.165) is 16.0 Å². The lowest BCUT2D eigenvalue weighted by molar-refractivity contribution is -0.126. The van der Waals surface area contributed by atoms with Crippen LogP contribution < -0.4 is 5.32 Å². The van der Waals surface area contributed by atoms with Crippen molar-refractivity contribution in [1.82, 2.24) is 19.2 Å². The Morgan fingerprint density at radius 1 is 1.23 bits per heavy atom. The second-order valence-corrected chi connectivity index (χ2v) is 11.2. The lowest BCUT2D eigenvalue weighted by Crippen LogP contribution is -2.45. The normalized spacial score (nSPS) is 17.5. The number of piperidine rings is 1. The van der Waals surface area contributed by atoms with Crippen LogP contribution in [0.1, 0.15) is 28.8 Å². The second-order valence-electron chi connectivity index (χ2n) is 7.79. The van der Waals surface area contributed by atoms with Gasteiger partial charge in [0, 0.05) is 43.4 Å². The van der Waals surface area contributed by atoms with Gasteiger partial charge in [-0.1, -0.05) is 24.3 Å². The number of carbonyl (C=O) groups excluding carboxylic acids is 1. The van der Waals surface area contributed by atoms with Gasteiger partial charge in [-0.05, 0) is 43.0 Å². The van der Waals surface area contributed by atoms with Crippen molar-refractivity contribution < 1.29 is 13.2 Å². The molecule has 0 unspecified atom stereocenters. The van der Waals surface area contributed by atoms with E-state index in [4.69, 9.17) is 0 Å². The van der Waals surface area contributed by atoms with E-state index in [2.05, 4.69) is 10.3 Å². The third kappa shape index (κ3) is 5.06. The minimum Gasteiger partial charge on any atom is -0.352 e. The molecule has 0 radical (unpaired) electrons. The van der Waals surface area contributed by atoms with Gasteiger partial charge in [-0.3, -0.25) is 4.79 Å². The van der Waals surface area contributed by atoms with Crippen molar-refractivity contribution in [2.45, 2.75) is 37.1 Å². The molecular formula is C22H26N4O3S2. The number of hydrogen-bond acceptors (Lipinski definition) is 5. The highest BCUT2D eigenvalue weighted by Gasteiger charge is 2.33. The maximum absolute atomic E-state index is 12.9. The largest absolute Gasteiger partial charge is 0.352 e. The number of aryl methyl sites for hydroxylation is 1. The first-order valence-corrected chi connectivity index (χ1v) is 12.6. The summed E-state index contributed by atoms with van der Waals surface area (Å²) in [4.78, 5) is 17.9. The standard InChI is InChI=1S/C22H26N4O3S2/c1-17-8-9-21(30-17)31(28,29)26-11-4-7-20(15-26)22(27)24-13-18-5-2-3-6-19(18)14-25-12-10-23-16-25/h2-3,5-6,8-10,12,16,20H,4,7,11,13-15H2,1H3,(H,24,27)/t20-/m0/s1. The summed E-state index contributed by atoms with van der Waals surface area (Å²) in [5.41, 5.74) is 2.15. The molecule has 3 heterocycles. The molecule has 1 amide bonds. The van der Waals surface area contributed by atoms with E-state index in [1.165, 1.54) is 15.6 Å². The van der Waals surface area contributed by atoms with Crippen LogP contribution in [0.5, 0.6) is 0 Å². The average molecular weight is 459 g/mol. The van der Waals surface area contributed by atoms with Gasteiger partial charge in [0.25, 0.3) is 10.0 Å². The summed E-state index contributed by atoms with van der Waals surface area (Å²) < 4.78 is 29.7. The predicted molar refractivity (Wildman–Crippen MR) is 120 cm³/mol. The molecule has 1 aliphatic rings. The van der Waals surface area contributed by atoms with Crippen LogP contribution in [0.25, 0.3) is 0 Å². The average Bonchev–Trinajstić information content (AvgIpc) is 3.45. The summed E-state index contributed by atoms with van der Waals surface area (Å²) in [5, 5.41) is 3.02. The zero-order valence-corrected chi connectivity index (χ0v) is 19.0. The minimum atomic E-state index is -3.55. The predicted octanol–water partition coefficient (Wildman–Crippen LogP) is 3.02. The van der Waals surface area contributed by atoms with Crippen molar-refractivity contribution in [3.8, 4) is 0 Å². The highest BCUT2D eigenvalue weighted by molar-refractivity contribution is 7.91. The van der Waals surface area contributed by atoms with Crippen molar-refractivity contribution in [2.24, 2.45) is 5.92 Å². The zero-order valence-electron chi connectivity index (χ0n) is 17.4. The number of thiophene rings is 1. The molecule has 0 saturated carbocycles. The van der Waals surface area contributed by atoms with Crippen molar-refractivity contribution in [2.75, 3.05) is 13.1 Å². The molecule has 0 aliphatic carbocycles. The maximum Gasteiger partial charge on any atom is 0.252 e. The molecule has 164 valence electrons. The highest BCUT2D eigenvalue weighted by atomic mass is 32.2. The van der Waals surface area contributed by atoms with Crippen LogP contribution in [0.15, 0.2) is 59.3 Å². The Kier molecular flexibility index (Phi) is 6.54. The van der Waals surface area contributed by atoms with E-state index in [-0.39, 0.29) is 18.4 Å². The first kappa shape index (κ1) is 21.7. The van der Waals surface area contributed by atoms with Crippen LogP contribution in [0.3, 0.4) is 0 Å². The molecule has 3 aromatic rings. The number of imidazole rings is 1. The Morgan fingerprint density at radius 3 is 2.74 bits per heavy atom. The number of benzene rings is 1. The van der Waals surface area contributed by atoms with Gasteiger partial charge in [0.05, 0.1) is 12.2 Å². The van der Waals surface area contributed by atoms with Gasteiger partial charge in [-0.15, -0.1) is 11.3 Å². The summed E-state index contributed by atoms with van der Waals surface area (Å²) in [6.07, 6.45) is 6.78. The van der Waals surface area contributed by atoms with Gasteiger partial charge < -0.3 is 9.88 Å². The Bertz CT molecular complexity index is 1140. The Hall–Kier alpha value is -2.49. The molecule has 0 spiro atoms. The maximum atomic E-state index is 12.9. The molecule has 9 heteroatoms.